The quantitative estimate of drug-likeness (QED) is 0.0950. The third-order valence-electron chi connectivity index (χ3n) is 4.39. The molecule has 13 heteroatoms. The fourth-order valence-electron chi connectivity index (χ4n) is 2.73. The van der Waals surface area contributed by atoms with Crippen LogP contribution in [0.25, 0.3) is 0 Å². The Labute approximate surface area is 202 Å². The molecule has 0 unspecified atom stereocenters. The van der Waals surface area contributed by atoms with Crippen LogP contribution in [-0.4, -0.2) is 48.2 Å². The SMILES string of the molecule is C/C(=N\NC(N)=S)c1ncc(OC(=O)c2cccc(O)c2O)cc1OC(=O)c1cccc(O)c1O. The number of hydrogen-bond acceptors (Lipinski definition) is 11. The van der Waals surface area contributed by atoms with Crippen LogP contribution in [0.1, 0.15) is 33.3 Å². The second-order valence-electron chi connectivity index (χ2n) is 6.82. The number of phenolic OH excluding ortho intramolecular Hbond substituents is 4. The van der Waals surface area contributed by atoms with Crippen molar-refractivity contribution in [2.75, 3.05) is 0 Å². The number of rotatable bonds is 6. The standard InChI is InChI=1S/C22H18N4O8S/c1-10(25-26-22(23)35)17-16(34-21(32)13-5-3-7-15(28)19(13)30)8-11(9-24-17)33-20(31)12-4-2-6-14(27)18(12)29/h2-9,27-30H,1H3,(H3,23,26,35)/b25-10+. The van der Waals surface area contributed by atoms with E-state index in [-0.39, 0.29) is 39.1 Å². The number of carbonyl (C=O) groups is 2. The molecule has 7 N–H and O–H groups in total. The molecule has 0 aliphatic rings. The number of thiocarbonyl (C=S) groups is 1. The average molecular weight is 498 g/mol. The summed E-state index contributed by atoms with van der Waals surface area (Å²) in [5.74, 6) is -4.97. The lowest BCUT2D eigenvalue weighted by atomic mass is 10.2. The van der Waals surface area contributed by atoms with Crippen LogP contribution in [0.2, 0.25) is 0 Å². The molecule has 0 aliphatic carbocycles. The Morgan fingerprint density at radius 3 is 2.06 bits per heavy atom. The molecule has 0 fully saturated rings. The number of hydrogen-bond donors (Lipinski definition) is 6. The summed E-state index contributed by atoms with van der Waals surface area (Å²) in [4.78, 5) is 29.2. The van der Waals surface area contributed by atoms with Crippen molar-refractivity contribution in [2.45, 2.75) is 6.92 Å². The molecule has 180 valence electrons. The van der Waals surface area contributed by atoms with E-state index in [0.717, 1.165) is 12.3 Å². The second kappa shape index (κ2) is 10.4. The van der Waals surface area contributed by atoms with Crippen LogP contribution in [-0.2, 0) is 0 Å². The van der Waals surface area contributed by atoms with Gasteiger partial charge in [-0.2, -0.15) is 5.10 Å². The fourth-order valence-corrected chi connectivity index (χ4v) is 2.78. The van der Waals surface area contributed by atoms with E-state index in [0.29, 0.717) is 0 Å². The molecular weight excluding hydrogens is 480 g/mol. The van der Waals surface area contributed by atoms with Gasteiger partial charge in [0.05, 0.1) is 11.9 Å². The molecule has 3 aromatic rings. The number of aromatic nitrogens is 1. The molecule has 0 bridgehead atoms. The lowest BCUT2D eigenvalue weighted by Crippen LogP contribution is -2.25. The maximum absolute atomic E-state index is 12.7. The van der Waals surface area contributed by atoms with Crippen molar-refractivity contribution in [1.82, 2.24) is 10.4 Å². The molecule has 2 aromatic carbocycles. The van der Waals surface area contributed by atoms with Crippen LogP contribution in [0.4, 0.5) is 0 Å². The Bertz CT molecular complexity index is 1360. The number of pyridine rings is 1. The molecule has 0 saturated carbocycles. The molecular formula is C22H18N4O8S. The topological polar surface area (TPSA) is 197 Å². The van der Waals surface area contributed by atoms with Gasteiger partial charge >= 0.3 is 11.9 Å². The highest BCUT2D eigenvalue weighted by Crippen LogP contribution is 2.32. The van der Waals surface area contributed by atoms with Gasteiger partial charge in [0.15, 0.2) is 39.6 Å². The van der Waals surface area contributed by atoms with Gasteiger partial charge in [0.25, 0.3) is 0 Å². The number of para-hydroxylation sites is 2. The lowest BCUT2D eigenvalue weighted by molar-refractivity contribution is 0.0727. The molecule has 0 saturated heterocycles. The Kier molecular flexibility index (Phi) is 7.31. The Morgan fingerprint density at radius 2 is 1.51 bits per heavy atom. The fraction of sp³-hybridized carbons (Fsp3) is 0.0455. The number of nitrogens with two attached hydrogens (primary N) is 1. The van der Waals surface area contributed by atoms with Crippen molar-refractivity contribution in [3.63, 3.8) is 0 Å². The molecule has 0 radical (unpaired) electrons. The molecule has 3 rings (SSSR count). The summed E-state index contributed by atoms with van der Waals surface area (Å²) >= 11 is 4.70. The van der Waals surface area contributed by atoms with Crippen LogP contribution in [0.3, 0.4) is 0 Å². The number of nitrogens with one attached hydrogen (secondary N) is 1. The summed E-state index contributed by atoms with van der Waals surface area (Å²) in [5, 5.41) is 42.9. The molecule has 0 aliphatic heterocycles. The van der Waals surface area contributed by atoms with Crippen LogP contribution in [0, 0.1) is 0 Å². The van der Waals surface area contributed by atoms with Gasteiger partial charge in [-0.3, -0.25) is 5.43 Å². The minimum Gasteiger partial charge on any atom is -0.504 e. The average Bonchev–Trinajstić information content (AvgIpc) is 2.81. The predicted octanol–water partition coefficient (Wildman–Crippen LogP) is 1.90. The van der Waals surface area contributed by atoms with E-state index in [1.165, 1.54) is 43.3 Å². The van der Waals surface area contributed by atoms with E-state index in [1.54, 1.807) is 0 Å². The first-order valence-electron chi connectivity index (χ1n) is 9.65. The van der Waals surface area contributed by atoms with Gasteiger partial charge in [0.1, 0.15) is 16.8 Å². The molecule has 0 spiro atoms. The summed E-state index contributed by atoms with van der Waals surface area (Å²) in [7, 11) is 0. The summed E-state index contributed by atoms with van der Waals surface area (Å²) in [6, 6.07) is 8.59. The van der Waals surface area contributed by atoms with Gasteiger partial charge in [0.2, 0.25) is 0 Å². The van der Waals surface area contributed by atoms with E-state index in [9.17, 15) is 30.0 Å². The number of carbonyl (C=O) groups excluding carboxylic acids is 2. The van der Waals surface area contributed by atoms with E-state index in [1.807, 2.05) is 0 Å². The highest BCUT2D eigenvalue weighted by Gasteiger charge is 2.22. The van der Waals surface area contributed by atoms with Crippen LogP contribution >= 0.6 is 12.2 Å². The van der Waals surface area contributed by atoms with Gasteiger partial charge in [-0.15, -0.1) is 0 Å². The summed E-state index contributed by atoms with van der Waals surface area (Å²) in [6.07, 6.45) is 1.12. The maximum Gasteiger partial charge on any atom is 0.347 e. The van der Waals surface area contributed by atoms with Crippen molar-refractivity contribution in [1.29, 1.82) is 0 Å². The monoisotopic (exact) mass is 498 g/mol. The Morgan fingerprint density at radius 1 is 0.971 bits per heavy atom. The first kappa shape index (κ1) is 24.7. The number of ether oxygens (including phenoxy) is 2. The van der Waals surface area contributed by atoms with Crippen LogP contribution in [0.15, 0.2) is 53.8 Å². The van der Waals surface area contributed by atoms with Gasteiger partial charge in [-0.25, -0.2) is 14.6 Å². The molecule has 12 nitrogen and oxygen atoms in total. The van der Waals surface area contributed by atoms with Crippen LogP contribution in [0.5, 0.6) is 34.5 Å². The van der Waals surface area contributed by atoms with Gasteiger partial charge < -0.3 is 35.6 Å². The summed E-state index contributed by atoms with van der Waals surface area (Å²) in [5.41, 5.74) is 7.24. The number of benzene rings is 2. The first-order chi connectivity index (χ1) is 16.6. The number of esters is 2. The molecule has 0 atom stereocenters. The lowest BCUT2D eigenvalue weighted by Gasteiger charge is -2.13. The van der Waals surface area contributed by atoms with Crippen molar-refractivity contribution < 1.29 is 39.5 Å². The van der Waals surface area contributed by atoms with Crippen molar-refractivity contribution in [3.05, 3.63) is 65.5 Å². The zero-order chi connectivity index (χ0) is 25.7. The van der Waals surface area contributed by atoms with Crippen molar-refractivity contribution in [2.24, 2.45) is 10.8 Å². The third kappa shape index (κ3) is 5.72. The van der Waals surface area contributed by atoms with Gasteiger partial charge in [0, 0.05) is 6.07 Å². The number of aromatic hydroxyl groups is 4. The van der Waals surface area contributed by atoms with E-state index in [2.05, 4.69) is 15.5 Å². The number of nitrogens with zero attached hydrogens (tertiary/aromatic N) is 2. The molecule has 35 heavy (non-hydrogen) atoms. The molecule has 1 aromatic heterocycles. The summed E-state index contributed by atoms with van der Waals surface area (Å²) < 4.78 is 10.5. The zero-order valence-electron chi connectivity index (χ0n) is 17.9. The van der Waals surface area contributed by atoms with Gasteiger partial charge in [-0.1, -0.05) is 12.1 Å². The van der Waals surface area contributed by atoms with Crippen LogP contribution < -0.4 is 20.6 Å². The second-order valence-corrected chi connectivity index (χ2v) is 7.26. The minimum atomic E-state index is -1.06. The Hall–Kier alpha value is -4.91. The van der Waals surface area contributed by atoms with Gasteiger partial charge in [-0.05, 0) is 43.4 Å². The van der Waals surface area contributed by atoms with Crippen molar-refractivity contribution in [3.8, 4) is 34.5 Å². The highest BCUT2D eigenvalue weighted by atomic mass is 32.1. The largest absolute Gasteiger partial charge is 0.504 e. The minimum absolute atomic E-state index is 0.0155. The van der Waals surface area contributed by atoms with E-state index < -0.39 is 34.9 Å². The van der Waals surface area contributed by atoms with E-state index in [4.69, 9.17) is 27.4 Å². The molecule has 1 heterocycles. The highest BCUT2D eigenvalue weighted by molar-refractivity contribution is 7.80. The predicted molar refractivity (Wildman–Crippen MR) is 126 cm³/mol. The normalized spacial score (nSPS) is 10.9. The van der Waals surface area contributed by atoms with Crippen molar-refractivity contribution >= 4 is 35.0 Å². The smallest absolute Gasteiger partial charge is 0.347 e. The number of phenols is 4. The summed E-state index contributed by atoms with van der Waals surface area (Å²) in [6.45, 7) is 1.49. The number of hydrazone groups is 1. The maximum atomic E-state index is 12.7. The zero-order valence-corrected chi connectivity index (χ0v) is 18.7. The first-order valence-corrected chi connectivity index (χ1v) is 10.1. The van der Waals surface area contributed by atoms with E-state index >= 15 is 0 Å². The Balaban J connectivity index is 1.98. The molecule has 0 amide bonds. The third-order valence-corrected chi connectivity index (χ3v) is 4.48.